The van der Waals surface area contributed by atoms with Crippen LogP contribution in [0.3, 0.4) is 0 Å². The molecule has 1 aromatic heterocycles. The number of hydrogen-bond donors (Lipinski definition) is 2. The van der Waals surface area contributed by atoms with Gasteiger partial charge in [0.1, 0.15) is 10.8 Å². The van der Waals surface area contributed by atoms with E-state index >= 15 is 0 Å². The molecule has 1 heterocycles. The third-order valence-corrected chi connectivity index (χ3v) is 7.40. The second-order valence-corrected chi connectivity index (χ2v) is 9.56. The molecule has 2 amide bonds. The molecule has 0 saturated heterocycles. The molecule has 0 radical (unpaired) electrons. The number of carbonyl (C=O) groups excluding carboxylic acids is 2. The van der Waals surface area contributed by atoms with Crippen molar-refractivity contribution in [1.82, 2.24) is 0 Å². The van der Waals surface area contributed by atoms with Gasteiger partial charge in [-0.2, -0.15) is 0 Å². The molecule has 1 atom stereocenters. The van der Waals surface area contributed by atoms with E-state index in [1.54, 1.807) is 0 Å². The van der Waals surface area contributed by atoms with Crippen LogP contribution in [0.2, 0.25) is 0 Å². The van der Waals surface area contributed by atoms with Gasteiger partial charge in [0.05, 0.1) is 5.56 Å². The second-order valence-electron chi connectivity index (χ2n) is 8.46. The van der Waals surface area contributed by atoms with E-state index in [-0.39, 0.29) is 17.9 Å². The summed E-state index contributed by atoms with van der Waals surface area (Å²) in [5.41, 5.74) is 8.38. The van der Waals surface area contributed by atoms with E-state index in [0.29, 0.717) is 22.2 Å². The van der Waals surface area contributed by atoms with Crippen molar-refractivity contribution in [2.75, 3.05) is 11.9 Å². The number of primary amides is 1. The Balaban J connectivity index is 1.75. The van der Waals surface area contributed by atoms with E-state index in [0.717, 1.165) is 36.8 Å². The van der Waals surface area contributed by atoms with Gasteiger partial charge in [-0.15, -0.1) is 11.3 Å². The average molecular weight is 415 g/mol. The Bertz CT molecular complexity index is 917. The Labute approximate surface area is 176 Å². The molecule has 3 N–H and O–H groups in total. The van der Waals surface area contributed by atoms with Crippen molar-refractivity contribution >= 4 is 28.2 Å². The van der Waals surface area contributed by atoms with E-state index < -0.39 is 5.91 Å². The number of rotatable bonds is 7. The molecule has 0 saturated carbocycles. The first-order chi connectivity index (χ1) is 13.7. The van der Waals surface area contributed by atoms with Crippen molar-refractivity contribution in [3.63, 3.8) is 0 Å². The fourth-order valence-corrected chi connectivity index (χ4v) is 5.26. The Morgan fingerprint density at radius 2 is 2.03 bits per heavy atom. The summed E-state index contributed by atoms with van der Waals surface area (Å²) in [7, 11) is 0. The fraction of sp³-hybridized carbons (Fsp3) is 0.478. The minimum atomic E-state index is -0.481. The lowest BCUT2D eigenvalue weighted by Crippen LogP contribution is -2.29. The van der Waals surface area contributed by atoms with Crippen LogP contribution in [0.15, 0.2) is 24.3 Å². The number of aryl methyl sites for hydroxylation is 1. The van der Waals surface area contributed by atoms with Crippen LogP contribution >= 0.6 is 11.3 Å². The van der Waals surface area contributed by atoms with Crippen molar-refractivity contribution in [2.24, 2.45) is 17.1 Å². The summed E-state index contributed by atoms with van der Waals surface area (Å²) >= 11 is 1.49. The summed E-state index contributed by atoms with van der Waals surface area (Å²) in [5, 5.41) is 3.41. The van der Waals surface area contributed by atoms with E-state index in [1.165, 1.54) is 16.2 Å². The number of fused-ring (bicyclic) bond motifs is 1. The predicted molar refractivity (Wildman–Crippen MR) is 118 cm³/mol. The normalized spacial score (nSPS) is 16.2. The predicted octanol–water partition coefficient (Wildman–Crippen LogP) is 4.71. The average Bonchev–Trinajstić information content (AvgIpc) is 3.04. The first-order valence-corrected chi connectivity index (χ1v) is 11.0. The third kappa shape index (κ3) is 4.64. The molecule has 6 heteroatoms. The first-order valence-electron chi connectivity index (χ1n) is 10.2. The van der Waals surface area contributed by atoms with E-state index in [4.69, 9.17) is 10.5 Å². The van der Waals surface area contributed by atoms with Crippen LogP contribution < -0.4 is 15.8 Å². The Morgan fingerprint density at radius 1 is 1.31 bits per heavy atom. The molecule has 0 aliphatic heterocycles. The Kier molecular flexibility index (Phi) is 6.32. The molecule has 2 aromatic rings. The smallest absolute Gasteiger partial charge is 0.262 e. The topological polar surface area (TPSA) is 81.4 Å². The maximum atomic E-state index is 12.5. The Hall–Kier alpha value is -2.34. The number of amides is 2. The number of benzene rings is 1. The molecule has 29 heavy (non-hydrogen) atoms. The SMILES string of the molecule is CCC(C)(C)[C@H]1CCc2c(sc(NC(=O)COc3ccccc3C)c2C(N)=O)C1. The molecule has 0 bridgehead atoms. The van der Waals surface area contributed by atoms with E-state index in [2.05, 4.69) is 26.1 Å². The molecule has 5 nitrogen and oxygen atoms in total. The second kappa shape index (κ2) is 8.57. The molecule has 1 aliphatic carbocycles. The van der Waals surface area contributed by atoms with Crippen LogP contribution in [0, 0.1) is 18.3 Å². The van der Waals surface area contributed by atoms with Gasteiger partial charge in [0.15, 0.2) is 6.61 Å². The van der Waals surface area contributed by atoms with E-state index in [1.807, 2.05) is 31.2 Å². The van der Waals surface area contributed by atoms with Gasteiger partial charge in [-0.3, -0.25) is 9.59 Å². The highest BCUT2D eigenvalue weighted by molar-refractivity contribution is 7.17. The summed E-state index contributed by atoms with van der Waals surface area (Å²) < 4.78 is 5.63. The van der Waals surface area contributed by atoms with Crippen LogP contribution in [0.5, 0.6) is 5.75 Å². The lowest BCUT2D eigenvalue weighted by Gasteiger charge is -2.36. The highest BCUT2D eigenvalue weighted by Gasteiger charge is 2.35. The number of nitrogens with one attached hydrogen (secondary N) is 1. The van der Waals surface area contributed by atoms with Gasteiger partial charge in [0, 0.05) is 4.88 Å². The zero-order chi connectivity index (χ0) is 21.2. The summed E-state index contributed by atoms with van der Waals surface area (Å²) in [6, 6.07) is 7.55. The number of hydrogen-bond acceptors (Lipinski definition) is 4. The largest absolute Gasteiger partial charge is 0.483 e. The minimum absolute atomic E-state index is 0.114. The number of nitrogens with two attached hydrogens (primary N) is 1. The highest BCUT2D eigenvalue weighted by atomic mass is 32.1. The van der Waals surface area contributed by atoms with Gasteiger partial charge in [0.2, 0.25) is 0 Å². The van der Waals surface area contributed by atoms with Crippen LogP contribution in [-0.4, -0.2) is 18.4 Å². The van der Waals surface area contributed by atoms with Crippen LogP contribution in [0.4, 0.5) is 5.00 Å². The van der Waals surface area contributed by atoms with Gasteiger partial charge in [-0.25, -0.2) is 0 Å². The molecular weight excluding hydrogens is 384 g/mol. The monoisotopic (exact) mass is 414 g/mol. The number of thiophene rings is 1. The maximum absolute atomic E-state index is 12.5. The molecule has 1 aromatic carbocycles. The van der Waals surface area contributed by atoms with Crippen molar-refractivity contribution in [2.45, 2.75) is 53.4 Å². The number of carbonyl (C=O) groups is 2. The first kappa shape index (κ1) is 21.4. The summed E-state index contributed by atoms with van der Waals surface area (Å²) in [4.78, 5) is 25.8. The van der Waals surface area contributed by atoms with Gasteiger partial charge in [-0.1, -0.05) is 45.4 Å². The number of anilines is 1. The zero-order valence-corrected chi connectivity index (χ0v) is 18.4. The van der Waals surface area contributed by atoms with Gasteiger partial charge >= 0.3 is 0 Å². The van der Waals surface area contributed by atoms with Gasteiger partial charge in [-0.05, 0) is 54.7 Å². The van der Waals surface area contributed by atoms with Crippen LogP contribution in [0.1, 0.15) is 60.0 Å². The van der Waals surface area contributed by atoms with Gasteiger partial charge in [0.25, 0.3) is 11.8 Å². The third-order valence-electron chi connectivity index (χ3n) is 6.23. The molecular formula is C23H30N2O3S. The van der Waals surface area contributed by atoms with Crippen LogP contribution in [-0.2, 0) is 17.6 Å². The van der Waals surface area contributed by atoms with Crippen molar-refractivity contribution in [3.05, 3.63) is 45.8 Å². The fourth-order valence-electron chi connectivity index (χ4n) is 3.91. The molecule has 0 fully saturated rings. The lowest BCUT2D eigenvalue weighted by molar-refractivity contribution is -0.118. The number of ether oxygens (including phenoxy) is 1. The minimum Gasteiger partial charge on any atom is -0.483 e. The molecule has 3 rings (SSSR count). The summed E-state index contributed by atoms with van der Waals surface area (Å²) in [6.07, 6.45) is 3.90. The van der Waals surface area contributed by atoms with Crippen LogP contribution in [0.25, 0.3) is 0 Å². The highest BCUT2D eigenvalue weighted by Crippen LogP contribution is 2.45. The lowest BCUT2D eigenvalue weighted by atomic mass is 9.69. The zero-order valence-electron chi connectivity index (χ0n) is 17.6. The summed E-state index contributed by atoms with van der Waals surface area (Å²) in [5.74, 6) is 0.464. The van der Waals surface area contributed by atoms with Crippen molar-refractivity contribution in [1.29, 1.82) is 0 Å². The van der Waals surface area contributed by atoms with Crippen molar-refractivity contribution in [3.8, 4) is 5.75 Å². The molecule has 156 valence electrons. The standard InChI is InChI=1S/C23H30N2O3S/c1-5-23(3,4)15-10-11-16-18(12-15)29-22(20(16)21(24)27)25-19(26)13-28-17-9-7-6-8-14(17)2/h6-9,15H,5,10-13H2,1-4H3,(H2,24,27)(H,25,26)/t15-/m0/s1. The van der Waals surface area contributed by atoms with Crippen molar-refractivity contribution < 1.29 is 14.3 Å². The Morgan fingerprint density at radius 3 is 2.69 bits per heavy atom. The van der Waals surface area contributed by atoms with E-state index in [9.17, 15) is 9.59 Å². The quantitative estimate of drug-likeness (QED) is 0.688. The number of para-hydroxylation sites is 1. The summed E-state index contributed by atoms with van der Waals surface area (Å²) in [6.45, 7) is 8.64. The molecule has 0 unspecified atom stereocenters. The maximum Gasteiger partial charge on any atom is 0.262 e. The molecule has 0 spiro atoms. The van der Waals surface area contributed by atoms with Gasteiger partial charge < -0.3 is 15.8 Å². The molecule has 1 aliphatic rings.